The van der Waals surface area contributed by atoms with Crippen molar-refractivity contribution >= 4 is 21.9 Å². The van der Waals surface area contributed by atoms with Crippen molar-refractivity contribution in [3.63, 3.8) is 0 Å². The molecule has 2 aromatic rings. The number of nitrogens with zero attached hydrogens (tertiary/aromatic N) is 2. The maximum atomic E-state index is 13.9. The molecular weight excluding hydrogens is 504 g/mol. The van der Waals surface area contributed by atoms with Gasteiger partial charge in [-0.2, -0.15) is 17.5 Å². The first kappa shape index (κ1) is 27.6. The van der Waals surface area contributed by atoms with Gasteiger partial charge in [-0.05, 0) is 61.7 Å². The zero-order chi connectivity index (χ0) is 27.0. The third-order valence-electron chi connectivity index (χ3n) is 6.12. The minimum absolute atomic E-state index is 0.0271. The van der Waals surface area contributed by atoms with Gasteiger partial charge in [-0.15, -0.1) is 0 Å². The second-order valence-electron chi connectivity index (χ2n) is 8.98. The van der Waals surface area contributed by atoms with Crippen LogP contribution in [0.15, 0.2) is 41.3 Å². The lowest BCUT2D eigenvalue weighted by atomic mass is 10.1. The van der Waals surface area contributed by atoms with Crippen LogP contribution in [0.5, 0.6) is 0 Å². The lowest BCUT2D eigenvalue weighted by molar-refractivity contribution is -0.140. The molecule has 1 aliphatic rings. The lowest BCUT2D eigenvalue weighted by Gasteiger charge is -2.43. The average molecular weight is 531 g/mol. The first-order valence-electron chi connectivity index (χ1n) is 11.1. The summed E-state index contributed by atoms with van der Waals surface area (Å²) in [4.78, 5) is 25.3. The van der Waals surface area contributed by atoms with Crippen LogP contribution in [-0.4, -0.2) is 59.8 Å². The number of carbonyl (C=O) groups is 2. The van der Waals surface area contributed by atoms with E-state index in [1.807, 2.05) is 0 Å². The van der Waals surface area contributed by atoms with Gasteiger partial charge in [-0.1, -0.05) is 12.1 Å². The summed E-state index contributed by atoms with van der Waals surface area (Å²) in [5.41, 5.74) is -0.317. The number of carbonyl (C=O) groups excluding carboxylic acids is 1. The van der Waals surface area contributed by atoms with Crippen molar-refractivity contribution in [1.82, 2.24) is 9.21 Å². The van der Waals surface area contributed by atoms with E-state index in [1.165, 1.54) is 21.3 Å². The Morgan fingerprint density at radius 2 is 1.64 bits per heavy atom. The van der Waals surface area contributed by atoms with Crippen molar-refractivity contribution in [2.24, 2.45) is 0 Å². The Kier molecular flexibility index (Phi) is 7.80. The smallest absolute Gasteiger partial charge is 0.419 e. The fourth-order valence-electron chi connectivity index (χ4n) is 4.45. The van der Waals surface area contributed by atoms with Gasteiger partial charge < -0.3 is 10.0 Å². The number of sulfonamides is 1. The molecular formula is C24H26F4N2O5S. The predicted octanol–water partition coefficient (Wildman–Crippen LogP) is 3.63. The van der Waals surface area contributed by atoms with Crippen molar-refractivity contribution in [3.8, 4) is 0 Å². The number of hydrogen-bond acceptors (Lipinski definition) is 4. The van der Waals surface area contributed by atoms with Crippen LogP contribution in [0.25, 0.3) is 0 Å². The van der Waals surface area contributed by atoms with Crippen molar-refractivity contribution in [2.75, 3.05) is 13.1 Å². The second kappa shape index (κ2) is 10.2. The van der Waals surface area contributed by atoms with Crippen LogP contribution in [-0.2, 0) is 38.6 Å². The zero-order valence-corrected chi connectivity index (χ0v) is 20.7. The van der Waals surface area contributed by atoms with Gasteiger partial charge in [0, 0.05) is 25.2 Å². The number of carboxylic acids is 1. The summed E-state index contributed by atoms with van der Waals surface area (Å²) in [7, 11) is -4.02. The minimum atomic E-state index is -4.84. The Hall–Kier alpha value is -2.99. The molecule has 2 unspecified atom stereocenters. The van der Waals surface area contributed by atoms with Gasteiger partial charge in [0.05, 0.1) is 23.3 Å². The second-order valence-corrected chi connectivity index (χ2v) is 10.8. The highest BCUT2D eigenvalue weighted by Gasteiger charge is 2.40. The van der Waals surface area contributed by atoms with E-state index in [-0.39, 0.29) is 36.4 Å². The minimum Gasteiger partial charge on any atom is -0.481 e. The Labute approximate surface area is 206 Å². The van der Waals surface area contributed by atoms with Crippen LogP contribution in [0.3, 0.4) is 0 Å². The van der Waals surface area contributed by atoms with Crippen LogP contribution in [0.2, 0.25) is 0 Å². The van der Waals surface area contributed by atoms with E-state index in [1.54, 1.807) is 26.8 Å². The number of aliphatic carboxylic acids is 1. The number of benzene rings is 2. The highest BCUT2D eigenvalue weighted by molar-refractivity contribution is 7.89. The number of alkyl halides is 3. The molecule has 0 spiro atoms. The third kappa shape index (κ3) is 5.86. The normalized spacial score (nSPS) is 19.4. The molecule has 1 saturated heterocycles. The summed E-state index contributed by atoms with van der Waals surface area (Å²) in [6, 6.07) is 5.33. The summed E-state index contributed by atoms with van der Waals surface area (Å²) in [5, 5.41) is 9.10. The number of halogens is 4. The molecule has 3 rings (SSSR count). The van der Waals surface area contributed by atoms with Crippen molar-refractivity contribution in [2.45, 2.75) is 56.8 Å². The Balaban J connectivity index is 1.76. The summed E-state index contributed by atoms with van der Waals surface area (Å²) in [6.45, 7) is 4.99. The number of rotatable bonds is 6. The molecule has 0 aromatic heterocycles. The maximum Gasteiger partial charge on any atom is 0.419 e. The molecule has 0 bridgehead atoms. The summed E-state index contributed by atoms with van der Waals surface area (Å²) < 4.78 is 80.3. The highest BCUT2D eigenvalue weighted by atomic mass is 32.2. The fraction of sp³-hybridized carbons (Fsp3) is 0.417. The van der Waals surface area contributed by atoms with Gasteiger partial charge in [-0.25, -0.2) is 12.8 Å². The fourth-order valence-corrected chi connectivity index (χ4v) is 6.31. The molecule has 1 fully saturated rings. The molecule has 1 amide bonds. The van der Waals surface area contributed by atoms with Crippen LogP contribution in [0, 0.1) is 12.7 Å². The monoisotopic (exact) mass is 530 g/mol. The standard InChI is InChI=1S/C24H26F4N2O5S/c1-14-4-6-19(10-18(14)11-23(32)33)36(34,35)30-15(2)12-29(13-16(30)3)22(31)9-17-5-7-20(21(25)8-17)24(26,27)28/h4-8,10,15-16H,9,11-13H2,1-3H3,(H,32,33). The number of piperazine rings is 1. The number of carboxylic acid groups (broad SMARTS) is 1. The molecule has 0 saturated carbocycles. The van der Waals surface area contributed by atoms with E-state index in [9.17, 15) is 35.6 Å². The Bertz CT molecular complexity index is 1270. The Morgan fingerprint density at radius 1 is 1.03 bits per heavy atom. The third-order valence-corrected chi connectivity index (χ3v) is 8.25. The molecule has 1 heterocycles. The number of hydrogen-bond donors (Lipinski definition) is 1. The van der Waals surface area contributed by atoms with Gasteiger partial charge in [0.2, 0.25) is 15.9 Å². The van der Waals surface area contributed by atoms with Gasteiger partial charge >= 0.3 is 12.1 Å². The summed E-state index contributed by atoms with van der Waals surface area (Å²) in [6.07, 6.45) is -5.50. The molecule has 7 nitrogen and oxygen atoms in total. The van der Waals surface area contributed by atoms with Crippen LogP contribution in [0.4, 0.5) is 17.6 Å². The summed E-state index contributed by atoms with van der Waals surface area (Å²) >= 11 is 0. The van der Waals surface area contributed by atoms with Gasteiger partial charge in [-0.3, -0.25) is 9.59 Å². The van der Waals surface area contributed by atoms with Crippen LogP contribution < -0.4 is 0 Å². The average Bonchev–Trinajstić information content (AvgIpc) is 2.73. The molecule has 2 aromatic carbocycles. The quantitative estimate of drug-likeness (QED) is 0.576. The SMILES string of the molecule is Cc1ccc(S(=O)(=O)N2C(C)CN(C(=O)Cc3ccc(C(F)(F)F)c(F)c3)CC2C)cc1CC(=O)O. The molecule has 196 valence electrons. The molecule has 0 radical (unpaired) electrons. The van der Waals surface area contributed by atoms with Crippen LogP contribution >= 0.6 is 0 Å². The van der Waals surface area contributed by atoms with Gasteiger partial charge in [0.25, 0.3) is 0 Å². The van der Waals surface area contributed by atoms with E-state index in [2.05, 4.69) is 0 Å². The van der Waals surface area contributed by atoms with E-state index in [0.29, 0.717) is 23.3 Å². The maximum absolute atomic E-state index is 13.9. The molecule has 12 heteroatoms. The van der Waals surface area contributed by atoms with Gasteiger partial charge in [0.15, 0.2) is 0 Å². The van der Waals surface area contributed by atoms with Crippen molar-refractivity contribution in [1.29, 1.82) is 0 Å². The first-order chi connectivity index (χ1) is 16.6. The zero-order valence-electron chi connectivity index (χ0n) is 19.8. The molecule has 36 heavy (non-hydrogen) atoms. The number of aryl methyl sites for hydroxylation is 1. The van der Waals surface area contributed by atoms with E-state index >= 15 is 0 Å². The molecule has 1 aliphatic heterocycles. The van der Waals surface area contributed by atoms with E-state index < -0.39 is 51.5 Å². The number of amides is 1. The Morgan fingerprint density at radius 3 is 2.17 bits per heavy atom. The topological polar surface area (TPSA) is 95.0 Å². The van der Waals surface area contributed by atoms with Crippen LogP contribution in [0.1, 0.15) is 36.1 Å². The van der Waals surface area contributed by atoms with E-state index in [0.717, 1.165) is 6.07 Å². The van der Waals surface area contributed by atoms with Crippen molar-refractivity contribution in [3.05, 3.63) is 64.5 Å². The highest BCUT2D eigenvalue weighted by Crippen LogP contribution is 2.32. The largest absolute Gasteiger partial charge is 0.481 e. The summed E-state index contributed by atoms with van der Waals surface area (Å²) in [5.74, 6) is -3.02. The molecule has 2 atom stereocenters. The first-order valence-corrected chi connectivity index (χ1v) is 12.5. The van der Waals surface area contributed by atoms with Gasteiger partial charge in [0.1, 0.15) is 5.82 Å². The van der Waals surface area contributed by atoms with E-state index in [4.69, 9.17) is 5.11 Å². The lowest BCUT2D eigenvalue weighted by Crippen LogP contribution is -2.59. The molecule has 0 aliphatic carbocycles. The predicted molar refractivity (Wildman–Crippen MR) is 122 cm³/mol. The van der Waals surface area contributed by atoms with Crippen molar-refractivity contribution < 1.29 is 40.7 Å². The molecule has 1 N–H and O–H groups in total.